The van der Waals surface area contributed by atoms with E-state index in [9.17, 15) is 18.0 Å². The van der Waals surface area contributed by atoms with E-state index in [2.05, 4.69) is 0 Å². The van der Waals surface area contributed by atoms with Crippen molar-refractivity contribution >= 4 is 27.6 Å². The number of carbonyl (C=O) groups is 2. The monoisotopic (exact) mass is 309 g/mol. The number of rotatable bonds is 3. The van der Waals surface area contributed by atoms with Gasteiger partial charge < -0.3 is 10.0 Å². The standard InChI is InChI=1S/C12H11N3O5S/c13-5-7-1-2-10(9(3-7)12(17)18)15-6-8(4-11(15)16)21(14,19)20/h1-3,8H,4,6H2,(H,17,18)(H2,14,19,20). The Balaban J connectivity index is 2.46. The number of primary sulfonamides is 1. The van der Waals surface area contributed by atoms with Crippen molar-refractivity contribution in [2.75, 3.05) is 11.4 Å². The number of benzene rings is 1. The molecule has 1 aromatic rings. The molecule has 1 fully saturated rings. The van der Waals surface area contributed by atoms with Crippen molar-refractivity contribution in [3.05, 3.63) is 29.3 Å². The van der Waals surface area contributed by atoms with Gasteiger partial charge in [-0.2, -0.15) is 5.26 Å². The van der Waals surface area contributed by atoms with Gasteiger partial charge in [0.1, 0.15) is 5.25 Å². The van der Waals surface area contributed by atoms with E-state index in [0.717, 1.165) is 11.0 Å². The number of carboxylic acid groups (broad SMARTS) is 1. The molecule has 0 spiro atoms. The van der Waals surface area contributed by atoms with Crippen molar-refractivity contribution in [1.82, 2.24) is 0 Å². The minimum Gasteiger partial charge on any atom is -0.478 e. The van der Waals surface area contributed by atoms with E-state index in [1.54, 1.807) is 6.07 Å². The van der Waals surface area contributed by atoms with Crippen molar-refractivity contribution in [2.45, 2.75) is 11.7 Å². The fraction of sp³-hybridized carbons (Fsp3) is 0.250. The van der Waals surface area contributed by atoms with Crippen LogP contribution in [0.1, 0.15) is 22.3 Å². The zero-order chi connectivity index (χ0) is 15.8. The van der Waals surface area contributed by atoms with Gasteiger partial charge >= 0.3 is 5.97 Å². The van der Waals surface area contributed by atoms with Crippen LogP contribution in [0.2, 0.25) is 0 Å². The molecule has 0 bridgehead atoms. The first-order valence-corrected chi connectivity index (χ1v) is 7.44. The number of amides is 1. The van der Waals surface area contributed by atoms with E-state index in [4.69, 9.17) is 15.5 Å². The smallest absolute Gasteiger partial charge is 0.337 e. The molecular formula is C12H11N3O5S. The largest absolute Gasteiger partial charge is 0.478 e. The molecule has 3 N–H and O–H groups in total. The van der Waals surface area contributed by atoms with E-state index in [1.807, 2.05) is 0 Å². The number of hydrogen-bond donors (Lipinski definition) is 2. The second-order valence-corrected chi connectivity index (χ2v) is 6.41. The Labute approximate surface area is 120 Å². The number of nitrogens with two attached hydrogens (primary N) is 1. The van der Waals surface area contributed by atoms with Gasteiger partial charge in [-0.25, -0.2) is 18.4 Å². The van der Waals surface area contributed by atoms with E-state index in [-0.39, 0.29) is 29.8 Å². The first-order chi connectivity index (χ1) is 9.74. The fourth-order valence-corrected chi connectivity index (χ4v) is 2.87. The van der Waals surface area contributed by atoms with E-state index < -0.39 is 27.1 Å². The molecule has 1 aromatic carbocycles. The molecule has 1 heterocycles. The maximum absolute atomic E-state index is 11.9. The van der Waals surface area contributed by atoms with E-state index in [0.29, 0.717) is 0 Å². The lowest BCUT2D eigenvalue weighted by molar-refractivity contribution is -0.117. The van der Waals surface area contributed by atoms with Gasteiger partial charge in [0, 0.05) is 13.0 Å². The molecule has 21 heavy (non-hydrogen) atoms. The number of nitriles is 1. The predicted octanol–water partition coefficient (Wildman–Crippen LogP) is -0.350. The number of aromatic carboxylic acids is 1. The third-order valence-electron chi connectivity index (χ3n) is 3.20. The molecule has 1 aliphatic rings. The summed E-state index contributed by atoms with van der Waals surface area (Å²) in [5, 5.41) is 21.9. The van der Waals surface area contributed by atoms with Crippen LogP contribution < -0.4 is 10.0 Å². The summed E-state index contributed by atoms with van der Waals surface area (Å²) < 4.78 is 22.6. The molecule has 8 nitrogen and oxygen atoms in total. The highest BCUT2D eigenvalue weighted by Gasteiger charge is 2.38. The van der Waals surface area contributed by atoms with Gasteiger partial charge in [-0.05, 0) is 18.2 Å². The lowest BCUT2D eigenvalue weighted by Crippen LogP contribution is -2.32. The van der Waals surface area contributed by atoms with Crippen LogP contribution in [0, 0.1) is 11.3 Å². The lowest BCUT2D eigenvalue weighted by atomic mass is 10.1. The Morgan fingerprint density at radius 3 is 2.62 bits per heavy atom. The van der Waals surface area contributed by atoms with Gasteiger partial charge in [0.15, 0.2) is 0 Å². The topological polar surface area (TPSA) is 142 Å². The minimum absolute atomic E-state index is 0.0534. The van der Waals surface area contributed by atoms with Gasteiger partial charge in [0.2, 0.25) is 15.9 Å². The van der Waals surface area contributed by atoms with Crippen LogP contribution in [0.3, 0.4) is 0 Å². The molecule has 9 heteroatoms. The Hall–Kier alpha value is -2.44. The second-order valence-electron chi connectivity index (χ2n) is 4.57. The summed E-state index contributed by atoms with van der Waals surface area (Å²) in [7, 11) is -3.88. The zero-order valence-corrected chi connectivity index (χ0v) is 11.5. The van der Waals surface area contributed by atoms with Crippen molar-refractivity contribution in [3.63, 3.8) is 0 Å². The first-order valence-electron chi connectivity index (χ1n) is 5.83. The number of anilines is 1. The normalized spacial score (nSPS) is 18.6. The summed E-state index contributed by atoms with van der Waals surface area (Å²) in [5.41, 5.74) is -0.0547. The minimum atomic E-state index is -3.88. The zero-order valence-electron chi connectivity index (χ0n) is 10.7. The van der Waals surface area contributed by atoms with Gasteiger partial charge in [0.25, 0.3) is 0 Å². The van der Waals surface area contributed by atoms with Crippen molar-refractivity contribution in [1.29, 1.82) is 5.26 Å². The van der Waals surface area contributed by atoms with Crippen LogP contribution in [0.5, 0.6) is 0 Å². The van der Waals surface area contributed by atoms with Gasteiger partial charge in [-0.1, -0.05) is 0 Å². The quantitative estimate of drug-likeness (QED) is 0.781. The van der Waals surface area contributed by atoms with Crippen LogP contribution in [-0.4, -0.2) is 37.2 Å². The molecule has 110 valence electrons. The molecule has 1 amide bonds. The highest BCUT2D eigenvalue weighted by atomic mass is 32.2. The van der Waals surface area contributed by atoms with Crippen molar-refractivity contribution in [2.24, 2.45) is 5.14 Å². The number of carboxylic acids is 1. The summed E-state index contributed by atoms with van der Waals surface area (Å²) in [6, 6.07) is 5.61. The van der Waals surface area contributed by atoms with Crippen LogP contribution >= 0.6 is 0 Å². The Morgan fingerprint density at radius 1 is 1.48 bits per heavy atom. The van der Waals surface area contributed by atoms with Crippen molar-refractivity contribution < 1.29 is 23.1 Å². The van der Waals surface area contributed by atoms with Crippen molar-refractivity contribution in [3.8, 4) is 6.07 Å². The second kappa shape index (κ2) is 5.16. The SMILES string of the molecule is N#Cc1ccc(N2CC(S(N)(=O)=O)CC2=O)c(C(=O)O)c1. The predicted molar refractivity (Wildman–Crippen MR) is 72.0 cm³/mol. The number of hydrogen-bond acceptors (Lipinski definition) is 5. The molecule has 0 aromatic heterocycles. The number of sulfonamides is 1. The Bertz CT molecular complexity index is 766. The lowest BCUT2D eigenvalue weighted by Gasteiger charge is -2.18. The first kappa shape index (κ1) is 15.0. The third kappa shape index (κ3) is 2.86. The molecule has 0 saturated carbocycles. The Morgan fingerprint density at radius 2 is 2.14 bits per heavy atom. The van der Waals surface area contributed by atoms with Crippen LogP contribution in [0.15, 0.2) is 18.2 Å². The molecular weight excluding hydrogens is 298 g/mol. The number of nitrogens with zero attached hydrogens (tertiary/aromatic N) is 2. The number of carbonyl (C=O) groups excluding carboxylic acids is 1. The average molecular weight is 309 g/mol. The van der Waals surface area contributed by atoms with E-state index in [1.165, 1.54) is 12.1 Å². The van der Waals surface area contributed by atoms with Crippen LogP contribution in [-0.2, 0) is 14.8 Å². The fourth-order valence-electron chi connectivity index (χ4n) is 2.14. The maximum Gasteiger partial charge on any atom is 0.337 e. The molecule has 1 atom stereocenters. The van der Waals surface area contributed by atoms with Crippen LogP contribution in [0.25, 0.3) is 0 Å². The average Bonchev–Trinajstić information content (AvgIpc) is 2.80. The molecule has 1 aliphatic heterocycles. The van der Waals surface area contributed by atoms with E-state index >= 15 is 0 Å². The van der Waals surface area contributed by atoms with Gasteiger partial charge in [0.05, 0.1) is 22.9 Å². The highest BCUT2D eigenvalue weighted by molar-refractivity contribution is 7.89. The summed E-state index contributed by atoms with van der Waals surface area (Å²) in [6.45, 7) is -0.205. The maximum atomic E-state index is 11.9. The molecule has 2 rings (SSSR count). The molecule has 1 unspecified atom stereocenters. The summed E-state index contributed by atoms with van der Waals surface area (Å²) in [6.07, 6.45) is -0.294. The highest BCUT2D eigenvalue weighted by Crippen LogP contribution is 2.28. The summed E-state index contributed by atoms with van der Waals surface area (Å²) in [4.78, 5) is 24.2. The molecule has 0 radical (unpaired) electrons. The van der Waals surface area contributed by atoms with Gasteiger partial charge in [-0.3, -0.25) is 4.79 Å². The third-order valence-corrected chi connectivity index (χ3v) is 4.45. The van der Waals surface area contributed by atoms with Gasteiger partial charge in [-0.15, -0.1) is 0 Å². The molecule has 1 saturated heterocycles. The van der Waals surface area contributed by atoms with Crippen LogP contribution in [0.4, 0.5) is 5.69 Å². The molecule has 0 aliphatic carbocycles. The summed E-state index contributed by atoms with van der Waals surface area (Å²) >= 11 is 0. The Kier molecular flexibility index (Phi) is 3.67. The summed E-state index contributed by atoms with van der Waals surface area (Å²) in [5.74, 6) is -1.84.